The van der Waals surface area contributed by atoms with Gasteiger partial charge in [0.25, 0.3) is 0 Å². The van der Waals surface area contributed by atoms with E-state index in [1.54, 1.807) is 18.2 Å². The van der Waals surface area contributed by atoms with E-state index in [2.05, 4.69) is 42.5 Å². The molecule has 5 N–H and O–H groups in total. The number of nitrogens with one attached hydrogen (secondary N) is 2. The van der Waals surface area contributed by atoms with E-state index in [0.717, 1.165) is 4.47 Å². The second-order valence-electron chi connectivity index (χ2n) is 4.12. The highest BCUT2D eigenvalue weighted by Gasteiger charge is 2.20. The van der Waals surface area contributed by atoms with E-state index in [9.17, 15) is 14.4 Å². The Morgan fingerprint density at radius 3 is 2.52 bits per heavy atom. The summed E-state index contributed by atoms with van der Waals surface area (Å²) in [5, 5.41) is 13.8. The Bertz CT molecular complexity index is 565. The van der Waals surface area contributed by atoms with Crippen LogP contribution >= 0.6 is 31.9 Å². The quantitative estimate of drug-likeness (QED) is 0.560. The van der Waals surface area contributed by atoms with Gasteiger partial charge in [-0.25, -0.2) is 9.59 Å². The number of nitrogens with two attached hydrogens (primary N) is 1. The summed E-state index contributed by atoms with van der Waals surface area (Å²) in [5.74, 6) is -1.86. The molecule has 0 aliphatic rings. The fourth-order valence-corrected chi connectivity index (χ4v) is 2.16. The molecule has 0 aliphatic carbocycles. The minimum Gasteiger partial charge on any atom is -0.480 e. The molecule has 0 fully saturated rings. The van der Waals surface area contributed by atoms with Crippen LogP contribution in [-0.4, -0.2) is 29.1 Å². The first-order chi connectivity index (χ1) is 9.79. The Morgan fingerprint density at radius 2 is 1.95 bits per heavy atom. The zero-order valence-electron chi connectivity index (χ0n) is 10.7. The number of carbonyl (C=O) groups is 3. The number of hydrogen-bond donors (Lipinski definition) is 4. The third-order valence-corrected chi connectivity index (χ3v) is 3.64. The number of carbonyl (C=O) groups excluding carboxylic acids is 2. The van der Waals surface area contributed by atoms with Crippen LogP contribution in [0.3, 0.4) is 0 Å². The number of anilines is 1. The molecule has 21 heavy (non-hydrogen) atoms. The predicted molar refractivity (Wildman–Crippen MR) is 83.8 cm³/mol. The van der Waals surface area contributed by atoms with E-state index in [4.69, 9.17) is 10.8 Å². The molecule has 1 atom stereocenters. The molecular formula is C12H13Br2N3O4. The molecule has 0 bridgehead atoms. The van der Waals surface area contributed by atoms with Crippen LogP contribution in [-0.2, 0) is 9.59 Å². The topological polar surface area (TPSA) is 122 Å². The predicted octanol–water partition coefficient (Wildman–Crippen LogP) is 2.05. The van der Waals surface area contributed by atoms with Crippen molar-refractivity contribution in [3.63, 3.8) is 0 Å². The van der Waals surface area contributed by atoms with Crippen LogP contribution < -0.4 is 16.4 Å². The summed E-state index contributed by atoms with van der Waals surface area (Å²) in [6.45, 7) is 0. The van der Waals surface area contributed by atoms with Gasteiger partial charge in [-0.1, -0.05) is 15.9 Å². The van der Waals surface area contributed by atoms with Gasteiger partial charge in [0.05, 0.1) is 5.69 Å². The van der Waals surface area contributed by atoms with E-state index in [-0.39, 0.29) is 12.8 Å². The number of rotatable bonds is 6. The highest BCUT2D eigenvalue weighted by atomic mass is 79.9. The Labute approximate surface area is 137 Å². The zero-order valence-corrected chi connectivity index (χ0v) is 13.9. The number of primary amides is 1. The number of halogens is 2. The second-order valence-corrected chi connectivity index (χ2v) is 5.89. The monoisotopic (exact) mass is 421 g/mol. The smallest absolute Gasteiger partial charge is 0.326 e. The molecule has 0 saturated carbocycles. The molecule has 1 rings (SSSR count). The normalized spacial score (nSPS) is 11.5. The van der Waals surface area contributed by atoms with Crippen LogP contribution in [0.5, 0.6) is 0 Å². The van der Waals surface area contributed by atoms with Crippen molar-refractivity contribution in [3.8, 4) is 0 Å². The number of carboxylic acids is 1. The fourth-order valence-electron chi connectivity index (χ4n) is 1.45. The van der Waals surface area contributed by atoms with Crippen molar-refractivity contribution < 1.29 is 19.5 Å². The molecule has 0 heterocycles. The number of carboxylic acid groups (broad SMARTS) is 1. The molecule has 114 valence electrons. The van der Waals surface area contributed by atoms with Crippen molar-refractivity contribution in [2.45, 2.75) is 18.9 Å². The molecule has 1 unspecified atom stereocenters. The summed E-state index contributed by atoms with van der Waals surface area (Å²) in [6.07, 6.45) is -0.199. The second kappa shape index (κ2) is 7.99. The van der Waals surface area contributed by atoms with Gasteiger partial charge in [-0.2, -0.15) is 0 Å². The first-order valence-electron chi connectivity index (χ1n) is 5.83. The molecular weight excluding hydrogens is 410 g/mol. The van der Waals surface area contributed by atoms with Gasteiger partial charge in [0, 0.05) is 15.4 Å². The molecule has 9 heteroatoms. The minimum absolute atomic E-state index is 0.0717. The maximum Gasteiger partial charge on any atom is 0.326 e. The molecule has 0 aromatic heterocycles. The summed E-state index contributed by atoms with van der Waals surface area (Å²) >= 11 is 6.53. The number of aliphatic carboxylic acids is 1. The van der Waals surface area contributed by atoms with Crippen LogP contribution in [0.25, 0.3) is 0 Å². The lowest BCUT2D eigenvalue weighted by Crippen LogP contribution is -2.43. The zero-order chi connectivity index (χ0) is 16.0. The number of urea groups is 1. The first-order valence-corrected chi connectivity index (χ1v) is 7.42. The Balaban J connectivity index is 2.67. The molecule has 1 aromatic carbocycles. The summed E-state index contributed by atoms with van der Waals surface area (Å²) in [5.41, 5.74) is 5.43. The van der Waals surface area contributed by atoms with Crippen LogP contribution in [0, 0.1) is 0 Å². The largest absolute Gasteiger partial charge is 0.480 e. The van der Waals surface area contributed by atoms with Crippen LogP contribution in [0.4, 0.5) is 10.5 Å². The van der Waals surface area contributed by atoms with Crippen LogP contribution in [0.15, 0.2) is 27.1 Å². The van der Waals surface area contributed by atoms with Crippen LogP contribution in [0.1, 0.15) is 12.8 Å². The van der Waals surface area contributed by atoms with Gasteiger partial charge in [0.15, 0.2) is 0 Å². The number of hydrogen-bond acceptors (Lipinski definition) is 3. The van der Waals surface area contributed by atoms with E-state index < -0.39 is 23.9 Å². The third kappa shape index (κ3) is 6.13. The van der Waals surface area contributed by atoms with E-state index in [1.165, 1.54) is 0 Å². The van der Waals surface area contributed by atoms with Gasteiger partial charge in [0.1, 0.15) is 6.04 Å². The lowest BCUT2D eigenvalue weighted by Gasteiger charge is -2.15. The van der Waals surface area contributed by atoms with Crippen molar-refractivity contribution in [2.75, 3.05) is 5.32 Å². The molecule has 3 amide bonds. The van der Waals surface area contributed by atoms with Gasteiger partial charge in [-0.05, 0) is 40.5 Å². The lowest BCUT2D eigenvalue weighted by atomic mass is 10.1. The summed E-state index contributed by atoms with van der Waals surface area (Å²) in [7, 11) is 0. The summed E-state index contributed by atoms with van der Waals surface area (Å²) in [4.78, 5) is 33.5. The van der Waals surface area contributed by atoms with Crippen molar-refractivity contribution in [1.29, 1.82) is 0 Å². The lowest BCUT2D eigenvalue weighted by molar-refractivity contribution is -0.139. The summed E-state index contributed by atoms with van der Waals surface area (Å²) in [6, 6.07) is 3.28. The SMILES string of the molecule is NC(=O)CCC(NC(=O)Nc1cc(Br)ccc1Br)C(=O)O. The van der Waals surface area contributed by atoms with Crippen molar-refractivity contribution in [3.05, 3.63) is 27.1 Å². The molecule has 7 nitrogen and oxygen atoms in total. The van der Waals surface area contributed by atoms with Gasteiger partial charge < -0.3 is 21.5 Å². The Hall–Kier alpha value is -1.61. The van der Waals surface area contributed by atoms with Crippen molar-refractivity contribution in [1.82, 2.24) is 5.32 Å². The fraction of sp³-hybridized carbons (Fsp3) is 0.250. The highest BCUT2D eigenvalue weighted by Crippen LogP contribution is 2.26. The first kappa shape index (κ1) is 17.4. The molecule has 0 saturated heterocycles. The molecule has 1 aromatic rings. The maximum atomic E-state index is 11.8. The van der Waals surface area contributed by atoms with E-state index in [1.807, 2.05) is 0 Å². The van der Waals surface area contributed by atoms with Gasteiger partial charge >= 0.3 is 12.0 Å². The Kier molecular flexibility index (Phi) is 6.63. The number of amides is 3. The maximum absolute atomic E-state index is 11.8. The summed E-state index contributed by atoms with van der Waals surface area (Å²) < 4.78 is 1.40. The van der Waals surface area contributed by atoms with Crippen molar-refractivity contribution >= 4 is 55.5 Å². The van der Waals surface area contributed by atoms with Gasteiger partial charge in [-0.3, -0.25) is 4.79 Å². The third-order valence-electron chi connectivity index (χ3n) is 2.46. The van der Waals surface area contributed by atoms with Gasteiger partial charge in [-0.15, -0.1) is 0 Å². The van der Waals surface area contributed by atoms with E-state index in [0.29, 0.717) is 10.2 Å². The highest BCUT2D eigenvalue weighted by molar-refractivity contribution is 9.11. The average Bonchev–Trinajstić information content (AvgIpc) is 2.38. The molecule has 0 aliphatic heterocycles. The standard InChI is InChI=1S/C12H13Br2N3O4/c13-6-1-2-7(14)9(5-6)17-12(21)16-8(11(19)20)3-4-10(15)18/h1-2,5,8H,3-4H2,(H2,15,18)(H,19,20)(H2,16,17,21). The average molecular weight is 423 g/mol. The molecule has 0 radical (unpaired) electrons. The van der Waals surface area contributed by atoms with E-state index >= 15 is 0 Å². The van der Waals surface area contributed by atoms with Gasteiger partial charge in [0.2, 0.25) is 5.91 Å². The van der Waals surface area contributed by atoms with Crippen LogP contribution in [0.2, 0.25) is 0 Å². The molecule has 0 spiro atoms. The minimum atomic E-state index is -1.24. The Morgan fingerprint density at radius 1 is 1.29 bits per heavy atom. The van der Waals surface area contributed by atoms with Crippen molar-refractivity contribution in [2.24, 2.45) is 5.73 Å². The number of benzene rings is 1.